The van der Waals surface area contributed by atoms with Crippen molar-refractivity contribution in [2.24, 2.45) is 0 Å². The van der Waals surface area contributed by atoms with Crippen LogP contribution >= 0.6 is 15.9 Å². The highest BCUT2D eigenvalue weighted by Gasteiger charge is 2.46. The van der Waals surface area contributed by atoms with E-state index in [1.54, 1.807) is 48.8 Å². The minimum absolute atomic E-state index is 0.0712. The van der Waals surface area contributed by atoms with E-state index in [4.69, 9.17) is 14.2 Å². The molecule has 1 atom stereocenters. The Morgan fingerprint density at radius 2 is 1.94 bits per heavy atom. The van der Waals surface area contributed by atoms with Gasteiger partial charge in [-0.15, -0.1) is 0 Å². The fourth-order valence-corrected chi connectivity index (χ4v) is 4.79. The number of likely N-dealkylation sites (tertiary alicyclic amines) is 1. The zero-order valence-corrected chi connectivity index (χ0v) is 20.7. The maximum atomic E-state index is 13.3. The Kier molecular flexibility index (Phi) is 6.27. The molecule has 3 aromatic rings. The highest BCUT2D eigenvalue weighted by molar-refractivity contribution is 9.10. The van der Waals surface area contributed by atoms with Gasteiger partial charge in [0.05, 0.1) is 23.2 Å². The molecule has 2 aliphatic heterocycles. The van der Waals surface area contributed by atoms with Crippen LogP contribution in [0.15, 0.2) is 64.9 Å². The summed E-state index contributed by atoms with van der Waals surface area (Å²) >= 11 is 3.31. The van der Waals surface area contributed by atoms with E-state index in [9.17, 15) is 19.8 Å². The Bertz CT molecular complexity index is 1390. The molecule has 1 amide bonds. The van der Waals surface area contributed by atoms with E-state index < -0.39 is 17.7 Å². The van der Waals surface area contributed by atoms with E-state index in [1.165, 1.54) is 18.1 Å². The number of phenolic OH excluding ortho intramolecular Hbond substituents is 1. The molecule has 3 heterocycles. The van der Waals surface area contributed by atoms with Crippen molar-refractivity contribution in [1.82, 2.24) is 9.88 Å². The number of amides is 1. The van der Waals surface area contributed by atoms with Gasteiger partial charge in [0, 0.05) is 24.5 Å². The van der Waals surface area contributed by atoms with Crippen molar-refractivity contribution in [1.29, 1.82) is 0 Å². The van der Waals surface area contributed by atoms with E-state index in [0.717, 1.165) is 0 Å². The number of fused-ring (bicyclic) bond motifs is 1. The van der Waals surface area contributed by atoms with Crippen LogP contribution < -0.4 is 14.2 Å². The van der Waals surface area contributed by atoms with Gasteiger partial charge in [-0.3, -0.25) is 14.6 Å². The lowest BCUT2D eigenvalue weighted by atomic mass is 9.94. The van der Waals surface area contributed by atoms with Crippen LogP contribution in [-0.4, -0.2) is 52.1 Å². The van der Waals surface area contributed by atoms with Crippen LogP contribution in [0.5, 0.6) is 23.0 Å². The van der Waals surface area contributed by atoms with Crippen molar-refractivity contribution in [2.45, 2.75) is 12.6 Å². The number of aromatic hydroxyl groups is 1. The standard InChI is InChI=1S/C26H21BrN2O7/c1-34-20-11-16(9-17(27)24(20)31)22-21(23(30)15-4-5-18-19(10-15)36-8-7-35-18)25(32)26(33)29(22)13-14-3-2-6-28-12-14/h2-6,9-12,22,30-31H,7-8,13H2,1H3/t22-/m0/s1. The Balaban J connectivity index is 1.68. The van der Waals surface area contributed by atoms with Gasteiger partial charge in [0.2, 0.25) is 0 Å². The Hall–Kier alpha value is -4.05. The average Bonchev–Trinajstić information content (AvgIpc) is 3.15. The normalized spacial score (nSPS) is 18.4. The molecule has 0 unspecified atom stereocenters. The number of halogens is 1. The number of ether oxygens (including phenoxy) is 3. The third-order valence-electron chi connectivity index (χ3n) is 6.02. The second-order valence-electron chi connectivity index (χ2n) is 8.20. The topological polar surface area (TPSA) is 118 Å². The predicted molar refractivity (Wildman–Crippen MR) is 132 cm³/mol. The van der Waals surface area contributed by atoms with Crippen molar-refractivity contribution in [2.75, 3.05) is 20.3 Å². The van der Waals surface area contributed by atoms with Crippen LogP contribution in [0, 0.1) is 0 Å². The monoisotopic (exact) mass is 552 g/mol. The largest absolute Gasteiger partial charge is 0.507 e. The van der Waals surface area contributed by atoms with Gasteiger partial charge >= 0.3 is 0 Å². The van der Waals surface area contributed by atoms with E-state index in [1.807, 2.05) is 0 Å². The summed E-state index contributed by atoms with van der Waals surface area (Å²) in [6.45, 7) is 0.838. The molecule has 2 aromatic carbocycles. The highest BCUT2D eigenvalue weighted by atomic mass is 79.9. The number of benzene rings is 2. The number of rotatable bonds is 5. The first-order valence-corrected chi connectivity index (χ1v) is 11.8. The van der Waals surface area contributed by atoms with Crippen LogP contribution in [-0.2, 0) is 16.1 Å². The lowest BCUT2D eigenvalue weighted by Gasteiger charge is -2.26. The highest BCUT2D eigenvalue weighted by Crippen LogP contribution is 2.45. The minimum Gasteiger partial charge on any atom is -0.507 e. The number of hydrogen-bond donors (Lipinski definition) is 2. The molecule has 0 radical (unpaired) electrons. The first kappa shape index (κ1) is 23.7. The first-order valence-electron chi connectivity index (χ1n) is 11.0. The number of aliphatic hydroxyl groups is 1. The summed E-state index contributed by atoms with van der Waals surface area (Å²) in [6.07, 6.45) is 3.21. The number of ketones is 1. The second-order valence-corrected chi connectivity index (χ2v) is 9.05. The number of methoxy groups -OCH3 is 1. The summed E-state index contributed by atoms with van der Waals surface area (Å²) in [5.74, 6) is -0.986. The third-order valence-corrected chi connectivity index (χ3v) is 6.62. The van der Waals surface area contributed by atoms with E-state index in [2.05, 4.69) is 20.9 Å². The number of pyridine rings is 1. The zero-order chi connectivity index (χ0) is 25.4. The van der Waals surface area contributed by atoms with Gasteiger partial charge in [-0.25, -0.2) is 0 Å². The van der Waals surface area contributed by atoms with Crippen LogP contribution in [0.4, 0.5) is 0 Å². The molecule has 0 spiro atoms. The number of aromatic nitrogens is 1. The van der Waals surface area contributed by atoms with E-state index in [0.29, 0.717) is 45.9 Å². The van der Waals surface area contributed by atoms with Gasteiger partial charge in [-0.2, -0.15) is 0 Å². The Morgan fingerprint density at radius 1 is 1.17 bits per heavy atom. The number of Topliss-reactive ketones (excluding diaryl/α,β-unsaturated/α-hetero) is 1. The molecule has 0 saturated carbocycles. The smallest absolute Gasteiger partial charge is 0.295 e. The summed E-state index contributed by atoms with van der Waals surface area (Å²) in [7, 11) is 1.40. The number of carbonyl (C=O) groups excluding carboxylic acids is 2. The quantitative estimate of drug-likeness (QED) is 0.277. The molecule has 0 bridgehead atoms. The van der Waals surface area contributed by atoms with E-state index >= 15 is 0 Å². The van der Waals surface area contributed by atoms with Gasteiger partial charge in [0.25, 0.3) is 11.7 Å². The number of nitrogens with zero attached hydrogens (tertiary/aromatic N) is 2. The number of aliphatic hydroxyl groups excluding tert-OH is 1. The second kappa shape index (κ2) is 9.54. The predicted octanol–water partition coefficient (Wildman–Crippen LogP) is 3.95. The molecule has 2 aliphatic rings. The number of phenols is 1. The Labute approximate surface area is 214 Å². The van der Waals surface area contributed by atoms with Crippen LogP contribution in [0.3, 0.4) is 0 Å². The maximum Gasteiger partial charge on any atom is 0.295 e. The van der Waals surface area contributed by atoms with Gasteiger partial charge in [0.15, 0.2) is 23.0 Å². The van der Waals surface area contributed by atoms with Crippen LogP contribution in [0.25, 0.3) is 5.76 Å². The molecular weight excluding hydrogens is 532 g/mol. The lowest BCUT2D eigenvalue weighted by Crippen LogP contribution is -2.29. The molecule has 5 rings (SSSR count). The maximum absolute atomic E-state index is 13.3. The zero-order valence-electron chi connectivity index (χ0n) is 19.1. The molecule has 184 valence electrons. The molecule has 2 N–H and O–H groups in total. The fourth-order valence-electron chi connectivity index (χ4n) is 4.33. The summed E-state index contributed by atoms with van der Waals surface area (Å²) in [5.41, 5.74) is 1.36. The summed E-state index contributed by atoms with van der Waals surface area (Å²) < 4.78 is 16.8. The fraction of sp³-hybridized carbons (Fsp3) is 0.192. The van der Waals surface area contributed by atoms with Crippen molar-refractivity contribution in [3.63, 3.8) is 0 Å². The first-order chi connectivity index (χ1) is 17.4. The van der Waals surface area contributed by atoms with Gasteiger partial charge in [-0.05, 0) is 63.5 Å². The summed E-state index contributed by atoms with van der Waals surface area (Å²) in [6, 6.07) is 10.5. The van der Waals surface area contributed by atoms with Crippen molar-refractivity contribution in [3.8, 4) is 23.0 Å². The number of hydrogen-bond acceptors (Lipinski definition) is 8. The molecule has 10 heteroatoms. The lowest BCUT2D eigenvalue weighted by molar-refractivity contribution is -0.140. The van der Waals surface area contributed by atoms with Gasteiger partial charge in [0.1, 0.15) is 19.0 Å². The third kappa shape index (κ3) is 4.13. The molecule has 9 nitrogen and oxygen atoms in total. The van der Waals surface area contributed by atoms with Crippen LogP contribution in [0.2, 0.25) is 0 Å². The van der Waals surface area contributed by atoms with Crippen LogP contribution in [0.1, 0.15) is 22.7 Å². The summed E-state index contributed by atoms with van der Waals surface area (Å²) in [4.78, 5) is 32.0. The van der Waals surface area contributed by atoms with Crippen molar-refractivity contribution >= 4 is 33.4 Å². The molecule has 1 saturated heterocycles. The molecule has 0 aliphatic carbocycles. The van der Waals surface area contributed by atoms with E-state index in [-0.39, 0.29) is 29.4 Å². The summed E-state index contributed by atoms with van der Waals surface area (Å²) in [5, 5.41) is 21.7. The SMILES string of the molecule is COc1cc([C@H]2C(=C(O)c3ccc4c(c3)OCCO4)C(=O)C(=O)N2Cc2cccnc2)cc(Br)c1O. The van der Waals surface area contributed by atoms with Crippen molar-refractivity contribution < 1.29 is 34.0 Å². The van der Waals surface area contributed by atoms with Gasteiger partial charge < -0.3 is 29.3 Å². The minimum atomic E-state index is -0.968. The number of carbonyl (C=O) groups is 2. The molecule has 1 aromatic heterocycles. The molecule has 36 heavy (non-hydrogen) atoms. The molecular formula is C26H21BrN2O7. The van der Waals surface area contributed by atoms with Crippen molar-refractivity contribution in [3.05, 3.63) is 81.6 Å². The Morgan fingerprint density at radius 3 is 2.67 bits per heavy atom. The average molecular weight is 553 g/mol. The van der Waals surface area contributed by atoms with Gasteiger partial charge in [-0.1, -0.05) is 6.07 Å². The molecule has 1 fully saturated rings.